The first-order valence-electron chi connectivity index (χ1n) is 5.19. The Hall–Kier alpha value is -2.04. The zero-order valence-corrected chi connectivity index (χ0v) is 10.1. The van der Waals surface area contributed by atoms with E-state index in [-0.39, 0.29) is 0 Å². The van der Waals surface area contributed by atoms with Crippen LogP contribution in [-0.4, -0.2) is 32.1 Å². The normalized spacial score (nSPS) is 11.7. The van der Waals surface area contributed by atoms with Crippen molar-refractivity contribution in [2.45, 2.75) is 13.0 Å². The maximum atomic E-state index is 11.6. The third-order valence-electron chi connectivity index (χ3n) is 2.30. The van der Waals surface area contributed by atoms with E-state index < -0.39 is 18.0 Å². The standard InChI is InChI=1S/C12H16N2O3/c1-8(11(13)15)17-12(16)9-4-6-10(7-5-9)14(2)3/h4-8H,1-3H3,(H2,13,15). The summed E-state index contributed by atoms with van der Waals surface area (Å²) in [5, 5.41) is 0. The number of hydrogen-bond donors (Lipinski definition) is 1. The van der Waals surface area contributed by atoms with Crippen LogP contribution in [0.2, 0.25) is 0 Å². The number of primary amides is 1. The minimum atomic E-state index is -0.920. The van der Waals surface area contributed by atoms with E-state index in [2.05, 4.69) is 0 Å². The summed E-state index contributed by atoms with van der Waals surface area (Å²) >= 11 is 0. The summed E-state index contributed by atoms with van der Waals surface area (Å²) in [5.41, 5.74) is 6.37. The number of amides is 1. The number of anilines is 1. The summed E-state index contributed by atoms with van der Waals surface area (Å²) in [4.78, 5) is 24.3. The molecule has 1 atom stereocenters. The van der Waals surface area contributed by atoms with Crippen molar-refractivity contribution < 1.29 is 14.3 Å². The lowest BCUT2D eigenvalue weighted by Gasteiger charge is -2.13. The fourth-order valence-corrected chi connectivity index (χ4v) is 1.18. The molecule has 2 N–H and O–H groups in total. The lowest BCUT2D eigenvalue weighted by molar-refractivity contribution is -0.125. The molecule has 1 rings (SSSR count). The number of rotatable bonds is 4. The molecule has 0 saturated carbocycles. The smallest absolute Gasteiger partial charge is 0.338 e. The zero-order chi connectivity index (χ0) is 13.0. The van der Waals surface area contributed by atoms with Gasteiger partial charge in [0, 0.05) is 19.8 Å². The quantitative estimate of drug-likeness (QED) is 0.784. The van der Waals surface area contributed by atoms with E-state index in [1.54, 1.807) is 24.3 Å². The summed E-state index contributed by atoms with van der Waals surface area (Å²) in [7, 11) is 3.81. The van der Waals surface area contributed by atoms with Gasteiger partial charge in [-0.2, -0.15) is 0 Å². The van der Waals surface area contributed by atoms with Gasteiger partial charge in [-0.25, -0.2) is 4.79 Å². The fraction of sp³-hybridized carbons (Fsp3) is 0.333. The number of carbonyl (C=O) groups excluding carboxylic acids is 2. The van der Waals surface area contributed by atoms with Gasteiger partial charge in [0.05, 0.1) is 5.56 Å². The van der Waals surface area contributed by atoms with Gasteiger partial charge in [-0.15, -0.1) is 0 Å². The highest BCUT2D eigenvalue weighted by Crippen LogP contribution is 2.13. The van der Waals surface area contributed by atoms with Crippen molar-refractivity contribution in [1.29, 1.82) is 0 Å². The van der Waals surface area contributed by atoms with Crippen LogP contribution in [0.3, 0.4) is 0 Å². The van der Waals surface area contributed by atoms with Gasteiger partial charge in [0.25, 0.3) is 5.91 Å². The number of nitrogens with two attached hydrogens (primary N) is 1. The first-order chi connectivity index (χ1) is 7.91. The topological polar surface area (TPSA) is 72.6 Å². The Bertz CT molecular complexity index is 412. The SMILES string of the molecule is CC(OC(=O)c1ccc(N(C)C)cc1)C(N)=O. The second kappa shape index (κ2) is 5.34. The molecule has 1 aromatic rings. The molecule has 17 heavy (non-hydrogen) atoms. The molecule has 0 aliphatic rings. The van der Waals surface area contributed by atoms with E-state index in [1.807, 2.05) is 19.0 Å². The first-order valence-corrected chi connectivity index (χ1v) is 5.19. The predicted octanol–water partition coefficient (Wildman–Crippen LogP) is 0.783. The Balaban J connectivity index is 2.73. The van der Waals surface area contributed by atoms with Crippen molar-refractivity contribution in [2.75, 3.05) is 19.0 Å². The van der Waals surface area contributed by atoms with Gasteiger partial charge in [0.1, 0.15) is 0 Å². The first kappa shape index (κ1) is 13.0. The molecule has 1 amide bonds. The van der Waals surface area contributed by atoms with Crippen LogP contribution < -0.4 is 10.6 Å². The van der Waals surface area contributed by atoms with Crippen molar-refractivity contribution in [2.24, 2.45) is 5.73 Å². The van der Waals surface area contributed by atoms with Crippen LogP contribution in [0, 0.1) is 0 Å². The molecule has 1 aromatic carbocycles. The van der Waals surface area contributed by atoms with Gasteiger partial charge < -0.3 is 15.4 Å². The van der Waals surface area contributed by atoms with E-state index in [0.717, 1.165) is 5.69 Å². The molecule has 0 aliphatic carbocycles. The molecular formula is C12H16N2O3. The van der Waals surface area contributed by atoms with Gasteiger partial charge in [0.2, 0.25) is 0 Å². The average Bonchev–Trinajstić information content (AvgIpc) is 2.28. The molecule has 5 heteroatoms. The molecule has 0 spiro atoms. The molecule has 0 aliphatic heterocycles. The Labute approximate surface area is 100 Å². The predicted molar refractivity (Wildman–Crippen MR) is 64.8 cm³/mol. The molecule has 0 heterocycles. The minimum Gasteiger partial charge on any atom is -0.449 e. The Morgan fingerprint density at radius 1 is 1.24 bits per heavy atom. The highest BCUT2D eigenvalue weighted by atomic mass is 16.5. The van der Waals surface area contributed by atoms with Crippen molar-refractivity contribution in [3.63, 3.8) is 0 Å². The van der Waals surface area contributed by atoms with E-state index >= 15 is 0 Å². The van der Waals surface area contributed by atoms with Crippen molar-refractivity contribution in [3.05, 3.63) is 29.8 Å². The van der Waals surface area contributed by atoms with E-state index in [4.69, 9.17) is 10.5 Å². The number of ether oxygens (including phenoxy) is 1. The highest BCUT2D eigenvalue weighted by Gasteiger charge is 2.15. The Morgan fingerprint density at radius 3 is 2.18 bits per heavy atom. The number of nitrogens with zero attached hydrogens (tertiary/aromatic N) is 1. The van der Waals surface area contributed by atoms with Gasteiger partial charge in [-0.05, 0) is 31.2 Å². The van der Waals surface area contributed by atoms with Crippen LogP contribution in [0.1, 0.15) is 17.3 Å². The number of carbonyl (C=O) groups is 2. The molecule has 0 bridgehead atoms. The summed E-state index contributed by atoms with van der Waals surface area (Å²) in [5.74, 6) is -1.22. The molecule has 0 saturated heterocycles. The molecule has 92 valence electrons. The van der Waals surface area contributed by atoms with Crippen LogP contribution in [0.5, 0.6) is 0 Å². The van der Waals surface area contributed by atoms with E-state index in [9.17, 15) is 9.59 Å². The number of esters is 1. The van der Waals surface area contributed by atoms with Gasteiger partial charge in [-0.1, -0.05) is 0 Å². The molecule has 0 fully saturated rings. The monoisotopic (exact) mass is 236 g/mol. The van der Waals surface area contributed by atoms with Crippen LogP contribution in [-0.2, 0) is 9.53 Å². The maximum absolute atomic E-state index is 11.6. The lowest BCUT2D eigenvalue weighted by atomic mass is 10.2. The Kier molecular flexibility index (Phi) is 4.09. The van der Waals surface area contributed by atoms with E-state index in [1.165, 1.54) is 6.92 Å². The van der Waals surface area contributed by atoms with Gasteiger partial charge in [0.15, 0.2) is 6.10 Å². The minimum absolute atomic E-state index is 0.392. The second-order valence-electron chi connectivity index (χ2n) is 3.89. The van der Waals surface area contributed by atoms with Crippen LogP contribution in [0.15, 0.2) is 24.3 Å². The molecule has 1 unspecified atom stereocenters. The third-order valence-corrected chi connectivity index (χ3v) is 2.30. The van der Waals surface area contributed by atoms with Crippen LogP contribution in [0.4, 0.5) is 5.69 Å². The van der Waals surface area contributed by atoms with Crippen molar-refractivity contribution in [3.8, 4) is 0 Å². The lowest BCUT2D eigenvalue weighted by Crippen LogP contribution is -2.30. The zero-order valence-electron chi connectivity index (χ0n) is 10.1. The third kappa shape index (κ3) is 3.48. The van der Waals surface area contributed by atoms with Crippen molar-refractivity contribution in [1.82, 2.24) is 0 Å². The molecule has 0 aromatic heterocycles. The number of benzene rings is 1. The average molecular weight is 236 g/mol. The van der Waals surface area contributed by atoms with Crippen LogP contribution in [0.25, 0.3) is 0 Å². The van der Waals surface area contributed by atoms with Crippen molar-refractivity contribution >= 4 is 17.6 Å². The van der Waals surface area contributed by atoms with Gasteiger partial charge in [-0.3, -0.25) is 4.79 Å². The molecule has 5 nitrogen and oxygen atoms in total. The summed E-state index contributed by atoms with van der Waals surface area (Å²) in [6.45, 7) is 1.44. The molecule has 0 radical (unpaired) electrons. The maximum Gasteiger partial charge on any atom is 0.338 e. The summed E-state index contributed by atoms with van der Waals surface area (Å²) in [6.07, 6.45) is -0.920. The van der Waals surface area contributed by atoms with E-state index in [0.29, 0.717) is 5.56 Å². The second-order valence-corrected chi connectivity index (χ2v) is 3.89. The largest absolute Gasteiger partial charge is 0.449 e. The highest BCUT2D eigenvalue weighted by molar-refractivity contribution is 5.92. The van der Waals surface area contributed by atoms with Crippen LogP contribution >= 0.6 is 0 Å². The summed E-state index contributed by atoms with van der Waals surface area (Å²) < 4.78 is 4.87. The fourth-order valence-electron chi connectivity index (χ4n) is 1.18. The van der Waals surface area contributed by atoms with Gasteiger partial charge >= 0.3 is 5.97 Å². The molecular weight excluding hydrogens is 220 g/mol. The summed E-state index contributed by atoms with van der Waals surface area (Å²) in [6, 6.07) is 6.88. The number of hydrogen-bond acceptors (Lipinski definition) is 4. The Morgan fingerprint density at radius 2 is 1.76 bits per heavy atom.